The Morgan fingerprint density at radius 3 is 1.09 bits per heavy atom. The Kier molecular flexibility index (Phi) is 10.5. The molecule has 1 aliphatic rings. The minimum atomic E-state index is -2.93. The first-order valence-corrected chi connectivity index (χ1v) is 27.3. The van der Waals surface area contributed by atoms with Gasteiger partial charge < -0.3 is 4.57 Å². The van der Waals surface area contributed by atoms with Crippen LogP contribution in [0.25, 0.3) is 106 Å². The van der Waals surface area contributed by atoms with Gasteiger partial charge in [-0.1, -0.05) is 255 Å². The van der Waals surface area contributed by atoms with Crippen LogP contribution in [0.1, 0.15) is 0 Å². The molecule has 13 aromatic rings. The van der Waals surface area contributed by atoms with Crippen molar-refractivity contribution in [3.63, 3.8) is 0 Å². The predicted octanol–water partition coefficient (Wildman–Crippen LogP) is 14.3. The van der Waals surface area contributed by atoms with Crippen LogP contribution in [-0.4, -0.2) is 27.6 Å². The van der Waals surface area contributed by atoms with E-state index in [4.69, 9.17) is 15.0 Å². The molecule has 0 atom stereocenters. The Hall–Kier alpha value is -9.55. The first kappa shape index (κ1) is 43.3. The zero-order valence-electron chi connectivity index (χ0n) is 40.3. The Morgan fingerprint density at radius 2 is 0.608 bits per heavy atom. The van der Waals surface area contributed by atoms with Crippen LogP contribution in [0.5, 0.6) is 0 Å². The Morgan fingerprint density at radius 1 is 0.257 bits per heavy atom. The molecule has 0 radical (unpaired) electrons. The van der Waals surface area contributed by atoms with E-state index in [2.05, 4.69) is 271 Å². The van der Waals surface area contributed by atoms with Gasteiger partial charge >= 0.3 is 0 Å². The third kappa shape index (κ3) is 7.24. The quantitative estimate of drug-likeness (QED) is 0.135. The molecule has 4 nitrogen and oxygen atoms in total. The molecule has 5 heteroatoms. The summed E-state index contributed by atoms with van der Waals surface area (Å²) in [4.78, 5) is 15.6. The fourth-order valence-corrected chi connectivity index (χ4v) is 16.6. The molecule has 0 spiro atoms. The molecule has 0 saturated carbocycles. The maximum absolute atomic E-state index is 5.24. The largest absolute Gasteiger partial charge is 0.309 e. The summed E-state index contributed by atoms with van der Waals surface area (Å²) in [6.07, 6.45) is 0. The summed E-state index contributed by atoms with van der Waals surface area (Å²) in [5.41, 5.74) is 16.0. The van der Waals surface area contributed by atoms with Crippen LogP contribution in [0.4, 0.5) is 0 Å². The zero-order chi connectivity index (χ0) is 49.0. The number of aromatic nitrogens is 4. The van der Waals surface area contributed by atoms with Crippen molar-refractivity contribution in [3.8, 4) is 84.4 Å². The molecule has 14 rings (SSSR count). The van der Waals surface area contributed by atoms with Gasteiger partial charge in [0.2, 0.25) is 0 Å². The number of benzene rings is 11. The van der Waals surface area contributed by atoms with Gasteiger partial charge in [0, 0.05) is 33.2 Å². The van der Waals surface area contributed by atoms with E-state index >= 15 is 0 Å². The first-order chi connectivity index (χ1) is 36.7. The third-order valence-corrected chi connectivity index (χ3v) is 19.9. The third-order valence-electron chi connectivity index (χ3n) is 15.0. The van der Waals surface area contributed by atoms with Crippen LogP contribution >= 0.6 is 0 Å². The van der Waals surface area contributed by atoms with Crippen molar-refractivity contribution >= 4 is 50.6 Å². The summed E-state index contributed by atoms with van der Waals surface area (Å²) in [5.74, 6) is 1.89. The molecule has 2 aromatic heterocycles. The van der Waals surface area contributed by atoms with E-state index < -0.39 is 8.07 Å². The van der Waals surface area contributed by atoms with E-state index in [1.54, 1.807) is 0 Å². The smallest absolute Gasteiger partial charge is 0.180 e. The predicted molar refractivity (Wildman–Crippen MR) is 309 cm³/mol. The molecule has 3 heterocycles. The molecule has 0 unspecified atom stereocenters. The van der Waals surface area contributed by atoms with Crippen LogP contribution < -0.4 is 20.7 Å². The van der Waals surface area contributed by atoms with E-state index in [1.807, 2.05) is 12.1 Å². The first-order valence-electron chi connectivity index (χ1n) is 25.3. The van der Waals surface area contributed by atoms with E-state index in [0.717, 1.165) is 33.5 Å². The van der Waals surface area contributed by atoms with E-state index in [9.17, 15) is 0 Å². The van der Waals surface area contributed by atoms with E-state index in [1.165, 1.54) is 75.9 Å². The lowest BCUT2D eigenvalue weighted by atomic mass is 10.0. The van der Waals surface area contributed by atoms with Gasteiger partial charge in [-0.3, -0.25) is 0 Å². The molecule has 0 saturated heterocycles. The summed E-state index contributed by atoms with van der Waals surface area (Å²) in [5, 5.41) is 7.93. The molecule has 0 bridgehead atoms. The summed E-state index contributed by atoms with van der Waals surface area (Å²) in [7, 11) is -2.93. The van der Waals surface area contributed by atoms with Gasteiger partial charge in [-0.05, 0) is 89.5 Å². The molecular formula is C69H46N4Si. The number of hydrogen-bond acceptors (Lipinski definition) is 3. The normalized spacial score (nSPS) is 12.4. The monoisotopic (exact) mass is 958 g/mol. The number of rotatable bonds is 9. The SMILES string of the molecule is c1ccc(-c2ccc(-c3nc(-c4ccc(-c5ccccc5)cc4)nc(-c4ccc([Si]5(c6ccc7c(c6)c6ccccc6n7-c6ccc(-c7ccccc7)cc6)c6ccccc6-c6ccccc65)cc4)n3)cc2)cc1. The highest BCUT2D eigenvalue weighted by Gasteiger charge is 2.48. The standard InChI is InChI=1S/C69H46N4Si/c1-4-16-47(17-5-1)50-28-32-53(33-29-50)67-70-68(54-34-30-51(31-35-54)48-18-6-2-7-19-48)72-69(71-67)55-38-42-57(43-39-55)74(65-26-14-11-23-60(65)61-24-12-15-27-66(61)74)58-44-45-64-62(46-58)59-22-10-13-25-63(59)73(64)56-40-36-52(37-41-56)49-20-8-3-9-21-49/h1-46H. The second-order valence-corrected chi connectivity index (χ2v) is 22.8. The van der Waals surface area contributed by atoms with Crippen molar-refractivity contribution < 1.29 is 0 Å². The number of fused-ring (bicyclic) bond motifs is 6. The van der Waals surface area contributed by atoms with Gasteiger partial charge in [-0.2, -0.15) is 0 Å². The molecule has 74 heavy (non-hydrogen) atoms. The van der Waals surface area contributed by atoms with Gasteiger partial charge in [0.05, 0.1) is 11.0 Å². The Balaban J connectivity index is 0.912. The van der Waals surface area contributed by atoms with Gasteiger partial charge in [0.15, 0.2) is 25.5 Å². The highest BCUT2D eigenvalue weighted by atomic mass is 28.3. The van der Waals surface area contributed by atoms with Crippen molar-refractivity contribution in [2.45, 2.75) is 0 Å². The van der Waals surface area contributed by atoms with Gasteiger partial charge in [0.25, 0.3) is 0 Å². The van der Waals surface area contributed by atoms with Crippen LogP contribution in [-0.2, 0) is 0 Å². The molecule has 346 valence electrons. The van der Waals surface area contributed by atoms with E-state index in [0.29, 0.717) is 17.5 Å². The number of hydrogen-bond donors (Lipinski definition) is 0. The van der Waals surface area contributed by atoms with Gasteiger partial charge in [-0.15, -0.1) is 0 Å². The van der Waals surface area contributed by atoms with Gasteiger partial charge in [-0.25, -0.2) is 15.0 Å². The molecule has 0 N–H and O–H groups in total. The summed E-state index contributed by atoms with van der Waals surface area (Å²) < 4.78 is 2.43. The Bertz CT molecular complexity index is 4040. The average molecular weight is 959 g/mol. The number of nitrogens with zero attached hydrogens (tertiary/aromatic N) is 4. The Labute approximate surface area is 431 Å². The van der Waals surface area contributed by atoms with Crippen molar-refractivity contribution in [2.75, 3.05) is 0 Å². The minimum Gasteiger partial charge on any atom is -0.309 e. The topological polar surface area (TPSA) is 43.6 Å². The second-order valence-electron chi connectivity index (χ2n) is 19.1. The minimum absolute atomic E-state index is 0.629. The van der Waals surface area contributed by atoms with Crippen molar-refractivity contribution in [1.29, 1.82) is 0 Å². The molecule has 0 amide bonds. The maximum Gasteiger partial charge on any atom is 0.180 e. The van der Waals surface area contributed by atoms with Crippen molar-refractivity contribution in [2.24, 2.45) is 0 Å². The highest BCUT2D eigenvalue weighted by Crippen LogP contribution is 2.36. The summed E-state index contributed by atoms with van der Waals surface area (Å²) >= 11 is 0. The summed E-state index contributed by atoms with van der Waals surface area (Å²) in [6, 6.07) is 101. The lowest BCUT2D eigenvalue weighted by Gasteiger charge is -2.31. The molecular weight excluding hydrogens is 913 g/mol. The highest BCUT2D eigenvalue weighted by molar-refractivity contribution is 7.22. The van der Waals surface area contributed by atoms with Crippen LogP contribution in [0, 0.1) is 0 Å². The lowest BCUT2D eigenvalue weighted by Crippen LogP contribution is -2.72. The lowest BCUT2D eigenvalue weighted by molar-refractivity contribution is 1.07. The van der Waals surface area contributed by atoms with Crippen LogP contribution in [0.15, 0.2) is 279 Å². The average Bonchev–Trinajstić information content (AvgIpc) is 3.98. The molecule has 1 aliphatic heterocycles. The van der Waals surface area contributed by atoms with Crippen LogP contribution in [0.3, 0.4) is 0 Å². The van der Waals surface area contributed by atoms with Crippen molar-refractivity contribution in [3.05, 3.63) is 279 Å². The second kappa shape index (κ2) is 17.9. The maximum atomic E-state index is 5.24. The zero-order valence-corrected chi connectivity index (χ0v) is 41.3. The fraction of sp³-hybridized carbons (Fsp3) is 0. The van der Waals surface area contributed by atoms with Gasteiger partial charge in [0.1, 0.15) is 0 Å². The number of para-hydroxylation sites is 1. The fourth-order valence-electron chi connectivity index (χ4n) is 11.5. The van der Waals surface area contributed by atoms with Crippen molar-refractivity contribution in [1.82, 2.24) is 19.5 Å². The molecule has 11 aromatic carbocycles. The molecule has 0 fully saturated rings. The van der Waals surface area contributed by atoms with E-state index in [-0.39, 0.29) is 0 Å². The molecule has 0 aliphatic carbocycles. The summed E-state index contributed by atoms with van der Waals surface area (Å²) in [6.45, 7) is 0. The van der Waals surface area contributed by atoms with Crippen LogP contribution in [0.2, 0.25) is 0 Å².